The summed E-state index contributed by atoms with van der Waals surface area (Å²) in [7, 11) is 0. The molecule has 0 unspecified atom stereocenters. The molecule has 0 N–H and O–H groups in total. The van der Waals surface area contributed by atoms with Crippen LogP contribution in [-0.2, 0) is 4.74 Å². The molecule has 5 nitrogen and oxygen atoms in total. The molecule has 0 bridgehead atoms. The maximum atomic E-state index is 10.8. The van der Waals surface area contributed by atoms with Crippen LogP contribution in [0, 0.1) is 16.0 Å². The van der Waals surface area contributed by atoms with Crippen LogP contribution in [-0.4, -0.2) is 24.7 Å². The van der Waals surface area contributed by atoms with Crippen LogP contribution in [0.5, 0.6) is 5.75 Å². The van der Waals surface area contributed by atoms with E-state index in [0.717, 1.165) is 26.1 Å². The molecule has 0 spiro atoms. The number of nitrogens with zero attached hydrogens (tertiary/aromatic N) is 1. The van der Waals surface area contributed by atoms with Crippen LogP contribution >= 0.6 is 15.9 Å². The number of ether oxygens (including phenoxy) is 2. The van der Waals surface area contributed by atoms with Crippen LogP contribution in [0.3, 0.4) is 0 Å². The summed E-state index contributed by atoms with van der Waals surface area (Å²) in [6.07, 6.45) is 1.96. The van der Waals surface area contributed by atoms with E-state index in [2.05, 4.69) is 15.9 Å². The van der Waals surface area contributed by atoms with E-state index in [9.17, 15) is 10.1 Å². The van der Waals surface area contributed by atoms with Gasteiger partial charge in [0.25, 0.3) is 5.69 Å². The molecule has 1 aromatic carbocycles. The number of nitro benzene ring substituents is 1. The molecule has 98 valence electrons. The molecule has 18 heavy (non-hydrogen) atoms. The van der Waals surface area contributed by atoms with Crippen molar-refractivity contribution in [1.29, 1.82) is 0 Å². The van der Waals surface area contributed by atoms with Gasteiger partial charge in [0.15, 0.2) is 0 Å². The highest BCUT2D eigenvalue weighted by atomic mass is 79.9. The topological polar surface area (TPSA) is 61.6 Å². The smallest absolute Gasteiger partial charge is 0.287 e. The molecule has 0 saturated carbocycles. The van der Waals surface area contributed by atoms with Crippen LogP contribution in [0.2, 0.25) is 0 Å². The Bertz CT molecular complexity index is 432. The zero-order chi connectivity index (χ0) is 13.0. The maximum absolute atomic E-state index is 10.8. The third kappa shape index (κ3) is 3.20. The molecule has 2 rings (SSSR count). The lowest BCUT2D eigenvalue weighted by Gasteiger charge is -2.22. The first-order valence-electron chi connectivity index (χ1n) is 5.82. The molecule has 1 saturated heterocycles. The standard InChI is InChI=1S/C12H14BrNO4/c13-12-10(14(15)16)2-1-3-11(12)18-8-9-4-6-17-7-5-9/h1-3,9H,4-8H2. The summed E-state index contributed by atoms with van der Waals surface area (Å²) in [5.74, 6) is 0.987. The SMILES string of the molecule is O=[N+]([O-])c1cccc(OCC2CCOCC2)c1Br. The molecule has 0 aliphatic carbocycles. The first-order valence-corrected chi connectivity index (χ1v) is 6.61. The lowest BCUT2D eigenvalue weighted by molar-refractivity contribution is -0.385. The van der Waals surface area contributed by atoms with Crippen molar-refractivity contribution in [1.82, 2.24) is 0 Å². The molecule has 1 aliphatic heterocycles. The summed E-state index contributed by atoms with van der Waals surface area (Å²) in [4.78, 5) is 10.4. The Morgan fingerprint density at radius 2 is 2.17 bits per heavy atom. The second-order valence-electron chi connectivity index (χ2n) is 4.21. The first kappa shape index (κ1) is 13.3. The van der Waals surface area contributed by atoms with Gasteiger partial charge in [-0.25, -0.2) is 0 Å². The van der Waals surface area contributed by atoms with Crippen molar-refractivity contribution < 1.29 is 14.4 Å². The second-order valence-corrected chi connectivity index (χ2v) is 5.01. The number of benzene rings is 1. The van der Waals surface area contributed by atoms with Crippen LogP contribution in [0.25, 0.3) is 0 Å². The van der Waals surface area contributed by atoms with Gasteiger partial charge in [0.1, 0.15) is 10.2 Å². The summed E-state index contributed by atoms with van der Waals surface area (Å²) < 4.78 is 11.3. The Morgan fingerprint density at radius 3 is 2.83 bits per heavy atom. The Hall–Kier alpha value is -1.14. The van der Waals surface area contributed by atoms with Gasteiger partial charge in [-0.3, -0.25) is 10.1 Å². The van der Waals surface area contributed by atoms with Gasteiger partial charge in [-0.15, -0.1) is 0 Å². The van der Waals surface area contributed by atoms with Crippen molar-refractivity contribution in [3.05, 3.63) is 32.8 Å². The lowest BCUT2D eigenvalue weighted by Crippen LogP contribution is -2.21. The van der Waals surface area contributed by atoms with Crippen molar-refractivity contribution in [2.75, 3.05) is 19.8 Å². The van der Waals surface area contributed by atoms with E-state index >= 15 is 0 Å². The molecule has 6 heteroatoms. The summed E-state index contributed by atoms with van der Waals surface area (Å²) in [5, 5.41) is 10.8. The van der Waals surface area contributed by atoms with Crippen LogP contribution < -0.4 is 4.74 Å². The molecule has 1 heterocycles. The van der Waals surface area contributed by atoms with Gasteiger partial charge in [-0.05, 0) is 40.8 Å². The van der Waals surface area contributed by atoms with Gasteiger partial charge in [0, 0.05) is 19.3 Å². The van der Waals surface area contributed by atoms with E-state index in [4.69, 9.17) is 9.47 Å². The Balaban J connectivity index is 2.00. The first-order chi connectivity index (χ1) is 8.68. The number of hydrogen-bond donors (Lipinski definition) is 0. The fourth-order valence-electron chi connectivity index (χ4n) is 1.87. The van der Waals surface area contributed by atoms with Crippen molar-refractivity contribution in [3.63, 3.8) is 0 Å². The van der Waals surface area contributed by atoms with Crippen LogP contribution in [0.1, 0.15) is 12.8 Å². The molecular weight excluding hydrogens is 302 g/mol. The van der Waals surface area contributed by atoms with Gasteiger partial charge in [-0.2, -0.15) is 0 Å². The summed E-state index contributed by atoms with van der Waals surface area (Å²) in [6, 6.07) is 4.81. The fourth-order valence-corrected chi connectivity index (χ4v) is 2.40. The predicted molar refractivity (Wildman–Crippen MR) is 69.8 cm³/mol. The molecule has 1 aliphatic rings. The Labute approximate surface area is 113 Å². The van der Waals surface area contributed by atoms with E-state index in [1.807, 2.05) is 0 Å². The third-order valence-corrected chi connectivity index (χ3v) is 3.75. The van der Waals surface area contributed by atoms with Crippen molar-refractivity contribution >= 4 is 21.6 Å². The molecular formula is C12H14BrNO4. The van der Waals surface area contributed by atoms with Gasteiger partial charge in [0.2, 0.25) is 0 Å². The Kier molecular flexibility index (Phi) is 4.54. The average Bonchev–Trinajstić information content (AvgIpc) is 2.38. The van der Waals surface area contributed by atoms with Gasteiger partial charge >= 0.3 is 0 Å². The zero-order valence-corrected chi connectivity index (χ0v) is 11.4. The number of rotatable bonds is 4. The van der Waals surface area contributed by atoms with E-state index < -0.39 is 4.92 Å². The fraction of sp³-hybridized carbons (Fsp3) is 0.500. The highest BCUT2D eigenvalue weighted by Crippen LogP contribution is 2.34. The zero-order valence-electron chi connectivity index (χ0n) is 9.80. The minimum atomic E-state index is -0.425. The summed E-state index contributed by atoms with van der Waals surface area (Å²) in [6.45, 7) is 2.11. The van der Waals surface area contributed by atoms with E-state index in [1.54, 1.807) is 12.1 Å². The van der Waals surface area contributed by atoms with Gasteiger partial charge in [0.05, 0.1) is 11.5 Å². The maximum Gasteiger partial charge on any atom is 0.287 e. The highest BCUT2D eigenvalue weighted by Gasteiger charge is 2.18. The van der Waals surface area contributed by atoms with E-state index in [1.165, 1.54) is 6.07 Å². The number of nitro groups is 1. The molecule has 0 aromatic heterocycles. The van der Waals surface area contributed by atoms with Crippen molar-refractivity contribution in [2.24, 2.45) is 5.92 Å². The van der Waals surface area contributed by atoms with Crippen LogP contribution in [0.15, 0.2) is 22.7 Å². The van der Waals surface area contributed by atoms with Crippen molar-refractivity contribution in [2.45, 2.75) is 12.8 Å². The quantitative estimate of drug-likeness (QED) is 0.632. The minimum Gasteiger partial charge on any atom is -0.492 e. The largest absolute Gasteiger partial charge is 0.492 e. The molecule has 0 radical (unpaired) electrons. The van der Waals surface area contributed by atoms with E-state index in [0.29, 0.717) is 22.7 Å². The Morgan fingerprint density at radius 1 is 1.44 bits per heavy atom. The minimum absolute atomic E-state index is 0.0273. The predicted octanol–water partition coefficient (Wildman–Crippen LogP) is 3.16. The second kappa shape index (κ2) is 6.15. The number of hydrogen-bond acceptors (Lipinski definition) is 4. The van der Waals surface area contributed by atoms with Crippen LogP contribution in [0.4, 0.5) is 5.69 Å². The molecule has 1 fully saturated rings. The molecule has 0 atom stereocenters. The highest BCUT2D eigenvalue weighted by molar-refractivity contribution is 9.10. The van der Waals surface area contributed by atoms with Gasteiger partial charge < -0.3 is 9.47 Å². The average molecular weight is 316 g/mol. The number of halogens is 1. The monoisotopic (exact) mass is 315 g/mol. The lowest BCUT2D eigenvalue weighted by atomic mass is 10.0. The third-order valence-electron chi connectivity index (χ3n) is 2.96. The molecule has 1 aromatic rings. The van der Waals surface area contributed by atoms with Gasteiger partial charge in [-0.1, -0.05) is 6.07 Å². The molecule has 0 amide bonds. The van der Waals surface area contributed by atoms with Crippen molar-refractivity contribution in [3.8, 4) is 5.75 Å². The summed E-state index contributed by atoms with van der Waals surface area (Å²) >= 11 is 3.22. The normalized spacial score (nSPS) is 16.5. The summed E-state index contributed by atoms with van der Waals surface area (Å²) in [5.41, 5.74) is 0.0273. The van der Waals surface area contributed by atoms with E-state index in [-0.39, 0.29) is 5.69 Å².